The molecule has 27 heavy (non-hydrogen) atoms. The van der Waals surface area contributed by atoms with Crippen molar-refractivity contribution >= 4 is 5.82 Å². The average Bonchev–Trinajstić information content (AvgIpc) is 3.36. The molecule has 0 saturated carbocycles. The van der Waals surface area contributed by atoms with Crippen LogP contribution in [0.2, 0.25) is 0 Å². The zero-order chi connectivity index (χ0) is 18.9. The van der Waals surface area contributed by atoms with E-state index in [1.165, 1.54) is 12.4 Å². The van der Waals surface area contributed by atoms with Crippen molar-refractivity contribution in [3.63, 3.8) is 0 Å². The van der Waals surface area contributed by atoms with Gasteiger partial charge in [-0.05, 0) is 24.3 Å². The van der Waals surface area contributed by atoms with Crippen molar-refractivity contribution < 1.29 is 13.7 Å². The van der Waals surface area contributed by atoms with Crippen molar-refractivity contribution in [3.05, 3.63) is 48.2 Å². The fraction of sp³-hybridized carbons (Fsp3) is 0.278. The summed E-state index contributed by atoms with van der Waals surface area (Å²) >= 11 is 0. The minimum Gasteiger partial charge on any atom is -0.497 e. The van der Waals surface area contributed by atoms with Crippen LogP contribution in [0.15, 0.2) is 41.2 Å². The van der Waals surface area contributed by atoms with Gasteiger partial charge in [0.05, 0.1) is 13.7 Å². The minimum atomic E-state index is -1.82. The van der Waals surface area contributed by atoms with Crippen LogP contribution in [-0.2, 0) is 5.67 Å². The summed E-state index contributed by atoms with van der Waals surface area (Å²) < 4.78 is 25.8. The van der Waals surface area contributed by atoms with Crippen LogP contribution in [0.1, 0.15) is 18.0 Å². The molecule has 0 N–H and O–H groups in total. The van der Waals surface area contributed by atoms with Crippen LogP contribution in [-0.4, -0.2) is 40.3 Å². The Balaban J connectivity index is 1.57. The predicted molar refractivity (Wildman–Crippen MR) is 92.6 cm³/mol. The number of ether oxygens (including phenoxy) is 1. The van der Waals surface area contributed by atoms with Crippen LogP contribution in [0.5, 0.6) is 5.75 Å². The predicted octanol–water partition coefficient (Wildman–Crippen LogP) is 2.48. The standard InChI is InChI=1S/C18H15FN6O2/c1-26-13-4-2-12(3-5-13)15-23-17(27-24-15)18(19)6-9-25(11-18)16-14(10-20)21-7-8-22-16/h2-5,7-8H,6,9,11H2,1H3. The van der Waals surface area contributed by atoms with Crippen molar-refractivity contribution in [2.75, 3.05) is 25.1 Å². The highest BCUT2D eigenvalue weighted by atomic mass is 19.1. The normalized spacial score (nSPS) is 19.1. The molecule has 9 heteroatoms. The Hall–Kier alpha value is -3.54. The highest BCUT2D eigenvalue weighted by molar-refractivity contribution is 5.56. The number of nitriles is 1. The van der Waals surface area contributed by atoms with Crippen molar-refractivity contribution in [1.82, 2.24) is 20.1 Å². The molecule has 0 radical (unpaired) electrons. The van der Waals surface area contributed by atoms with Gasteiger partial charge in [0.15, 0.2) is 11.5 Å². The first-order valence-electron chi connectivity index (χ1n) is 8.26. The largest absolute Gasteiger partial charge is 0.497 e. The van der Waals surface area contributed by atoms with Crippen LogP contribution < -0.4 is 9.64 Å². The molecule has 1 aliphatic heterocycles. The third-order valence-electron chi connectivity index (χ3n) is 4.46. The van der Waals surface area contributed by atoms with Crippen molar-refractivity contribution in [3.8, 4) is 23.2 Å². The van der Waals surface area contributed by atoms with E-state index in [-0.39, 0.29) is 24.6 Å². The van der Waals surface area contributed by atoms with Gasteiger partial charge < -0.3 is 14.2 Å². The molecule has 3 aromatic rings. The topological polar surface area (TPSA) is 101 Å². The number of benzene rings is 1. The van der Waals surface area contributed by atoms with E-state index in [4.69, 9.17) is 14.5 Å². The first-order chi connectivity index (χ1) is 13.1. The van der Waals surface area contributed by atoms with Crippen LogP contribution in [0, 0.1) is 11.3 Å². The Labute approximate surface area is 154 Å². The maximum absolute atomic E-state index is 15.5. The maximum Gasteiger partial charge on any atom is 0.266 e. The zero-order valence-corrected chi connectivity index (χ0v) is 14.5. The molecule has 1 aliphatic rings. The lowest BCUT2D eigenvalue weighted by molar-refractivity contribution is 0.136. The van der Waals surface area contributed by atoms with Gasteiger partial charge in [-0.25, -0.2) is 14.4 Å². The second kappa shape index (κ2) is 6.64. The summed E-state index contributed by atoms with van der Waals surface area (Å²) in [6.07, 6.45) is 3.06. The molecule has 8 nitrogen and oxygen atoms in total. The Bertz CT molecular complexity index is 1000. The van der Waals surface area contributed by atoms with Gasteiger partial charge in [-0.15, -0.1) is 0 Å². The first-order valence-corrected chi connectivity index (χ1v) is 8.26. The van der Waals surface area contributed by atoms with Gasteiger partial charge in [0.2, 0.25) is 11.5 Å². The fourth-order valence-corrected chi connectivity index (χ4v) is 3.03. The second-order valence-electron chi connectivity index (χ2n) is 6.13. The van der Waals surface area contributed by atoms with Crippen LogP contribution >= 0.6 is 0 Å². The Morgan fingerprint density at radius 1 is 1.26 bits per heavy atom. The number of methoxy groups -OCH3 is 1. The van der Waals surface area contributed by atoms with Gasteiger partial charge in [-0.2, -0.15) is 10.2 Å². The Morgan fingerprint density at radius 3 is 2.78 bits per heavy atom. The van der Waals surface area contributed by atoms with E-state index < -0.39 is 5.67 Å². The van der Waals surface area contributed by atoms with Crippen molar-refractivity contribution in [2.24, 2.45) is 0 Å². The minimum absolute atomic E-state index is 0.0371. The zero-order valence-electron chi connectivity index (χ0n) is 14.5. The smallest absolute Gasteiger partial charge is 0.266 e. The molecule has 3 heterocycles. The summed E-state index contributed by atoms with van der Waals surface area (Å²) in [6, 6.07) is 9.07. The summed E-state index contributed by atoms with van der Waals surface area (Å²) in [5, 5.41) is 13.1. The molecule has 0 spiro atoms. The van der Waals surface area contributed by atoms with Gasteiger partial charge in [-0.3, -0.25) is 0 Å². The molecule has 0 bridgehead atoms. The summed E-state index contributed by atoms with van der Waals surface area (Å²) in [5.74, 6) is 1.28. The number of rotatable bonds is 4. The number of hydrogen-bond donors (Lipinski definition) is 0. The molecule has 1 atom stereocenters. The molecule has 4 rings (SSSR count). The lowest BCUT2D eigenvalue weighted by Gasteiger charge is -2.19. The van der Waals surface area contributed by atoms with E-state index in [2.05, 4.69) is 20.1 Å². The molecular weight excluding hydrogens is 351 g/mol. The highest BCUT2D eigenvalue weighted by Gasteiger charge is 2.46. The monoisotopic (exact) mass is 366 g/mol. The number of nitrogens with zero attached hydrogens (tertiary/aromatic N) is 6. The number of anilines is 1. The number of aromatic nitrogens is 4. The molecule has 1 saturated heterocycles. The molecule has 136 valence electrons. The average molecular weight is 366 g/mol. The van der Waals surface area contributed by atoms with Gasteiger partial charge >= 0.3 is 0 Å². The van der Waals surface area contributed by atoms with E-state index in [0.717, 1.165) is 0 Å². The highest BCUT2D eigenvalue weighted by Crippen LogP contribution is 2.38. The number of alkyl halides is 1. The number of halogens is 1. The molecule has 2 aromatic heterocycles. The SMILES string of the molecule is COc1ccc(-c2noc(C3(F)CCN(c4nccnc4C#N)C3)n2)cc1. The quantitative estimate of drug-likeness (QED) is 0.694. The van der Waals surface area contributed by atoms with Crippen molar-refractivity contribution in [2.45, 2.75) is 12.1 Å². The Morgan fingerprint density at radius 2 is 2.04 bits per heavy atom. The summed E-state index contributed by atoms with van der Waals surface area (Å²) in [6.45, 7) is 0.328. The van der Waals surface area contributed by atoms with Gasteiger partial charge in [-0.1, -0.05) is 5.16 Å². The lowest BCUT2D eigenvalue weighted by Crippen LogP contribution is -2.28. The molecule has 0 aliphatic carbocycles. The molecular formula is C18H15FN6O2. The number of hydrogen-bond acceptors (Lipinski definition) is 8. The van der Waals surface area contributed by atoms with Gasteiger partial charge in [0, 0.05) is 30.9 Å². The summed E-state index contributed by atoms with van der Waals surface area (Å²) in [5.41, 5.74) is -0.960. The van der Waals surface area contributed by atoms with E-state index in [1.807, 2.05) is 6.07 Å². The third-order valence-corrected chi connectivity index (χ3v) is 4.46. The third kappa shape index (κ3) is 3.06. The molecule has 0 amide bonds. The van der Waals surface area contributed by atoms with Crippen molar-refractivity contribution in [1.29, 1.82) is 5.26 Å². The van der Waals surface area contributed by atoms with Gasteiger partial charge in [0.25, 0.3) is 5.89 Å². The van der Waals surface area contributed by atoms with E-state index in [0.29, 0.717) is 29.5 Å². The maximum atomic E-state index is 15.5. The molecule has 1 aromatic carbocycles. The first kappa shape index (κ1) is 16.9. The lowest BCUT2D eigenvalue weighted by atomic mass is 10.1. The van der Waals surface area contributed by atoms with Crippen LogP contribution in [0.3, 0.4) is 0 Å². The van der Waals surface area contributed by atoms with Crippen LogP contribution in [0.4, 0.5) is 10.2 Å². The Kier molecular flexibility index (Phi) is 4.16. The molecule has 1 unspecified atom stereocenters. The van der Waals surface area contributed by atoms with E-state index in [1.54, 1.807) is 36.3 Å². The second-order valence-corrected chi connectivity index (χ2v) is 6.13. The van der Waals surface area contributed by atoms with E-state index in [9.17, 15) is 0 Å². The summed E-state index contributed by atoms with van der Waals surface area (Å²) in [7, 11) is 1.58. The van der Waals surface area contributed by atoms with Gasteiger partial charge in [0.1, 0.15) is 11.8 Å². The fourth-order valence-electron chi connectivity index (χ4n) is 3.03. The summed E-state index contributed by atoms with van der Waals surface area (Å²) in [4.78, 5) is 14.0. The van der Waals surface area contributed by atoms with Crippen LogP contribution in [0.25, 0.3) is 11.4 Å². The molecule has 1 fully saturated rings. The van der Waals surface area contributed by atoms with E-state index >= 15 is 4.39 Å².